The summed E-state index contributed by atoms with van der Waals surface area (Å²) in [6, 6.07) is 7.12. The van der Waals surface area contributed by atoms with Crippen molar-refractivity contribution in [3.63, 3.8) is 0 Å². The third-order valence-corrected chi connectivity index (χ3v) is 3.34. The molecule has 0 saturated heterocycles. The van der Waals surface area contributed by atoms with E-state index in [1.54, 1.807) is 12.1 Å². The lowest BCUT2D eigenvalue weighted by molar-refractivity contribution is -0.133. The highest BCUT2D eigenvalue weighted by molar-refractivity contribution is 5.82. The second kappa shape index (κ2) is 6.93. The Hall–Kier alpha value is -2.04. The van der Waals surface area contributed by atoms with Crippen LogP contribution in [0.3, 0.4) is 0 Å². The van der Waals surface area contributed by atoms with Crippen LogP contribution in [0.15, 0.2) is 24.3 Å². The Morgan fingerprint density at radius 1 is 1.20 bits per heavy atom. The van der Waals surface area contributed by atoms with Crippen molar-refractivity contribution in [3.8, 4) is 5.75 Å². The first-order valence-electron chi connectivity index (χ1n) is 6.95. The standard InChI is InChI=1S/C15H20N2O3/c1-11-6-8-13(9-7-11)20-14(18)10-16-15(19)17-12-4-2-3-5-12/h6-9,12H,2-5,10H2,1H3,(H2,16,17,19). The van der Waals surface area contributed by atoms with Gasteiger partial charge in [-0.3, -0.25) is 0 Å². The van der Waals surface area contributed by atoms with Gasteiger partial charge in [0.15, 0.2) is 0 Å². The highest BCUT2D eigenvalue weighted by atomic mass is 16.5. The van der Waals surface area contributed by atoms with Crippen LogP contribution < -0.4 is 15.4 Å². The maximum Gasteiger partial charge on any atom is 0.330 e. The lowest BCUT2D eigenvalue weighted by atomic mass is 10.2. The second-order valence-corrected chi connectivity index (χ2v) is 5.10. The van der Waals surface area contributed by atoms with E-state index in [4.69, 9.17) is 4.74 Å². The molecule has 1 aliphatic rings. The van der Waals surface area contributed by atoms with Gasteiger partial charge in [-0.1, -0.05) is 30.5 Å². The van der Waals surface area contributed by atoms with Gasteiger partial charge in [0, 0.05) is 6.04 Å². The van der Waals surface area contributed by atoms with Crippen molar-refractivity contribution in [1.82, 2.24) is 10.6 Å². The summed E-state index contributed by atoms with van der Waals surface area (Å²) < 4.78 is 5.11. The molecule has 2 rings (SSSR count). The molecule has 0 aliphatic heterocycles. The Kier molecular flexibility index (Phi) is 4.98. The minimum atomic E-state index is -0.476. The zero-order valence-corrected chi connectivity index (χ0v) is 11.6. The summed E-state index contributed by atoms with van der Waals surface area (Å²) in [4.78, 5) is 23.1. The molecule has 0 aromatic heterocycles. The monoisotopic (exact) mass is 276 g/mol. The lowest BCUT2D eigenvalue weighted by Crippen LogP contribution is -2.43. The molecule has 1 aliphatic carbocycles. The molecule has 1 aromatic carbocycles. The Bertz CT molecular complexity index is 465. The van der Waals surface area contributed by atoms with Crippen molar-refractivity contribution >= 4 is 12.0 Å². The number of carbonyl (C=O) groups is 2. The van der Waals surface area contributed by atoms with E-state index in [0.717, 1.165) is 31.2 Å². The number of esters is 1. The van der Waals surface area contributed by atoms with Crippen LogP contribution in [-0.4, -0.2) is 24.6 Å². The van der Waals surface area contributed by atoms with Gasteiger partial charge in [0.2, 0.25) is 0 Å². The molecule has 108 valence electrons. The number of urea groups is 1. The molecule has 0 atom stereocenters. The topological polar surface area (TPSA) is 67.4 Å². The van der Waals surface area contributed by atoms with Crippen LogP contribution in [0.25, 0.3) is 0 Å². The Morgan fingerprint density at radius 2 is 1.85 bits per heavy atom. The summed E-state index contributed by atoms with van der Waals surface area (Å²) in [6.45, 7) is 1.83. The number of aryl methyl sites for hydroxylation is 1. The molecule has 5 heteroatoms. The number of hydrogen-bond donors (Lipinski definition) is 2. The molecule has 2 amide bonds. The minimum Gasteiger partial charge on any atom is -0.425 e. The van der Waals surface area contributed by atoms with Crippen LogP contribution >= 0.6 is 0 Å². The van der Waals surface area contributed by atoms with Crippen LogP contribution in [0, 0.1) is 6.92 Å². The van der Waals surface area contributed by atoms with Crippen molar-refractivity contribution in [1.29, 1.82) is 0 Å². The Balaban J connectivity index is 1.69. The number of nitrogens with one attached hydrogen (secondary N) is 2. The van der Waals surface area contributed by atoms with Crippen LogP contribution in [0.4, 0.5) is 4.79 Å². The average Bonchev–Trinajstić information content (AvgIpc) is 2.92. The zero-order valence-electron chi connectivity index (χ0n) is 11.6. The van der Waals surface area contributed by atoms with Crippen molar-refractivity contribution in [2.24, 2.45) is 0 Å². The normalized spacial score (nSPS) is 14.8. The lowest BCUT2D eigenvalue weighted by Gasteiger charge is -2.12. The molecule has 0 spiro atoms. The summed E-state index contributed by atoms with van der Waals surface area (Å²) >= 11 is 0. The maximum atomic E-state index is 11.6. The van der Waals surface area contributed by atoms with Crippen molar-refractivity contribution in [3.05, 3.63) is 29.8 Å². The van der Waals surface area contributed by atoms with Crippen molar-refractivity contribution in [2.45, 2.75) is 38.6 Å². The number of carbonyl (C=O) groups excluding carboxylic acids is 2. The van der Waals surface area contributed by atoms with E-state index in [0.29, 0.717) is 5.75 Å². The average molecular weight is 276 g/mol. The van der Waals surface area contributed by atoms with E-state index in [2.05, 4.69) is 10.6 Å². The summed E-state index contributed by atoms with van der Waals surface area (Å²) in [5.74, 6) is 0.00836. The highest BCUT2D eigenvalue weighted by Crippen LogP contribution is 2.17. The number of rotatable bonds is 4. The van der Waals surface area contributed by atoms with Gasteiger partial charge >= 0.3 is 12.0 Å². The smallest absolute Gasteiger partial charge is 0.330 e. The number of amides is 2. The van der Waals surface area contributed by atoms with E-state index in [9.17, 15) is 9.59 Å². The second-order valence-electron chi connectivity index (χ2n) is 5.10. The third kappa shape index (κ3) is 4.57. The fourth-order valence-electron chi connectivity index (χ4n) is 2.23. The third-order valence-electron chi connectivity index (χ3n) is 3.34. The van der Waals surface area contributed by atoms with E-state index < -0.39 is 5.97 Å². The minimum absolute atomic E-state index is 0.133. The van der Waals surface area contributed by atoms with Gasteiger partial charge in [-0.2, -0.15) is 0 Å². The fourth-order valence-corrected chi connectivity index (χ4v) is 2.23. The van der Waals surface area contributed by atoms with Gasteiger partial charge in [0.25, 0.3) is 0 Å². The molecular weight excluding hydrogens is 256 g/mol. The molecule has 1 aromatic rings. The predicted molar refractivity (Wildman–Crippen MR) is 75.6 cm³/mol. The Morgan fingerprint density at radius 3 is 2.50 bits per heavy atom. The predicted octanol–water partition coefficient (Wildman–Crippen LogP) is 2.14. The summed E-state index contributed by atoms with van der Waals surface area (Å²) in [6.07, 6.45) is 4.34. The number of hydrogen-bond acceptors (Lipinski definition) is 3. The molecule has 0 radical (unpaired) electrons. The van der Waals surface area contributed by atoms with Gasteiger partial charge < -0.3 is 15.4 Å². The van der Waals surface area contributed by atoms with Crippen molar-refractivity contribution < 1.29 is 14.3 Å². The molecule has 0 heterocycles. The molecule has 5 nitrogen and oxygen atoms in total. The number of benzene rings is 1. The van der Waals surface area contributed by atoms with E-state index in [1.807, 2.05) is 19.1 Å². The van der Waals surface area contributed by atoms with Gasteiger partial charge in [-0.25, -0.2) is 9.59 Å². The Labute approximate surface area is 118 Å². The molecule has 0 unspecified atom stereocenters. The zero-order chi connectivity index (χ0) is 14.4. The van der Waals surface area contributed by atoms with Crippen LogP contribution in [0.1, 0.15) is 31.2 Å². The van der Waals surface area contributed by atoms with Crippen molar-refractivity contribution in [2.75, 3.05) is 6.54 Å². The van der Waals surface area contributed by atoms with Gasteiger partial charge in [-0.15, -0.1) is 0 Å². The first-order valence-corrected chi connectivity index (χ1v) is 6.95. The molecule has 1 saturated carbocycles. The molecule has 20 heavy (non-hydrogen) atoms. The van der Waals surface area contributed by atoms with Gasteiger partial charge in [0.1, 0.15) is 12.3 Å². The SMILES string of the molecule is Cc1ccc(OC(=O)CNC(=O)NC2CCCC2)cc1. The van der Waals surface area contributed by atoms with E-state index >= 15 is 0 Å². The summed E-state index contributed by atoms with van der Waals surface area (Å²) in [5, 5.41) is 5.36. The quantitative estimate of drug-likeness (QED) is 0.654. The molecular formula is C15H20N2O3. The fraction of sp³-hybridized carbons (Fsp3) is 0.467. The van der Waals surface area contributed by atoms with Gasteiger partial charge in [0.05, 0.1) is 0 Å². The molecule has 0 bridgehead atoms. The first-order chi connectivity index (χ1) is 9.63. The van der Waals surface area contributed by atoms with Gasteiger partial charge in [-0.05, 0) is 31.9 Å². The summed E-state index contributed by atoms with van der Waals surface area (Å²) in [5.41, 5.74) is 1.10. The van der Waals surface area contributed by atoms with Crippen LogP contribution in [0.2, 0.25) is 0 Å². The molecule has 1 fully saturated rings. The first kappa shape index (κ1) is 14.4. The maximum absolute atomic E-state index is 11.6. The van der Waals surface area contributed by atoms with Crippen LogP contribution in [0.5, 0.6) is 5.75 Å². The largest absolute Gasteiger partial charge is 0.425 e. The highest BCUT2D eigenvalue weighted by Gasteiger charge is 2.17. The van der Waals surface area contributed by atoms with E-state index in [-0.39, 0.29) is 18.6 Å². The van der Waals surface area contributed by atoms with E-state index in [1.165, 1.54) is 0 Å². The number of ether oxygens (including phenoxy) is 1. The molecule has 2 N–H and O–H groups in total. The summed E-state index contributed by atoms with van der Waals surface area (Å²) in [7, 11) is 0. The van der Waals surface area contributed by atoms with Crippen LogP contribution in [-0.2, 0) is 4.79 Å².